The Kier molecular flexibility index (Phi) is 4.99. The second-order valence-corrected chi connectivity index (χ2v) is 5.05. The molecule has 0 saturated carbocycles. The van der Waals surface area contributed by atoms with Crippen LogP contribution in [0.4, 0.5) is 4.79 Å². The fourth-order valence-electron chi connectivity index (χ4n) is 2.43. The van der Waals surface area contributed by atoms with Crippen molar-refractivity contribution < 1.29 is 28.9 Å². The van der Waals surface area contributed by atoms with Crippen LogP contribution in [0.3, 0.4) is 0 Å². The van der Waals surface area contributed by atoms with Crippen LogP contribution in [0.5, 0.6) is 0 Å². The predicted molar refractivity (Wildman–Crippen MR) is 76.1 cm³/mol. The average Bonchev–Trinajstić information content (AvgIpc) is 2.95. The van der Waals surface area contributed by atoms with Gasteiger partial charge in [-0.1, -0.05) is 30.3 Å². The summed E-state index contributed by atoms with van der Waals surface area (Å²) in [4.78, 5) is 24.7. The van der Waals surface area contributed by atoms with E-state index in [2.05, 4.69) is 0 Å². The van der Waals surface area contributed by atoms with Crippen LogP contribution >= 0.6 is 0 Å². The average molecular weight is 309 g/mol. The van der Waals surface area contributed by atoms with Crippen LogP contribution in [-0.4, -0.2) is 54.7 Å². The highest BCUT2D eigenvalue weighted by molar-refractivity contribution is 5.81. The Labute approximate surface area is 128 Å². The molecule has 0 aromatic heterocycles. The van der Waals surface area contributed by atoms with Gasteiger partial charge in [0.1, 0.15) is 12.6 Å². The van der Waals surface area contributed by atoms with E-state index in [4.69, 9.17) is 14.2 Å². The van der Waals surface area contributed by atoms with Gasteiger partial charge in [0, 0.05) is 20.6 Å². The number of carboxylic acid groups (broad SMARTS) is 1. The largest absolute Gasteiger partial charge is 0.480 e. The number of rotatable bonds is 5. The molecule has 22 heavy (non-hydrogen) atoms. The summed E-state index contributed by atoms with van der Waals surface area (Å²) < 4.78 is 15.7. The van der Waals surface area contributed by atoms with Crippen molar-refractivity contribution in [3.8, 4) is 0 Å². The number of aliphatic carboxylic acids is 1. The molecule has 0 spiro atoms. The first-order chi connectivity index (χ1) is 10.5. The zero-order valence-electron chi connectivity index (χ0n) is 12.5. The lowest BCUT2D eigenvalue weighted by Crippen LogP contribution is -2.42. The highest BCUT2D eigenvalue weighted by Gasteiger charge is 2.50. The van der Waals surface area contributed by atoms with Crippen molar-refractivity contribution in [2.75, 3.05) is 20.8 Å². The van der Waals surface area contributed by atoms with E-state index in [9.17, 15) is 14.7 Å². The molecule has 0 unspecified atom stereocenters. The summed E-state index contributed by atoms with van der Waals surface area (Å²) in [6.07, 6.45) is -0.650. The molecule has 0 radical (unpaired) electrons. The molecule has 1 saturated heterocycles. The molecule has 7 heteroatoms. The Morgan fingerprint density at radius 3 is 2.45 bits per heavy atom. The molecule has 1 aliphatic rings. The number of ether oxygens (including phenoxy) is 3. The first kappa shape index (κ1) is 16.3. The molecule has 1 aromatic rings. The molecule has 1 atom stereocenters. The fraction of sp³-hybridized carbons (Fsp3) is 0.467. The minimum absolute atomic E-state index is 0.00455. The maximum absolute atomic E-state index is 12.2. The summed E-state index contributed by atoms with van der Waals surface area (Å²) in [5.74, 6) is -2.23. The molecule has 1 amide bonds. The lowest BCUT2D eigenvalue weighted by molar-refractivity contribution is -0.195. The molecule has 7 nitrogen and oxygen atoms in total. The highest BCUT2D eigenvalue weighted by atomic mass is 16.7. The summed E-state index contributed by atoms with van der Waals surface area (Å²) in [5, 5.41) is 9.28. The Morgan fingerprint density at radius 2 is 1.91 bits per heavy atom. The number of carbonyl (C=O) groups excluding carboxylic acids is 1. The second kappa shape index (κ2) is 6.76. The molecule has 2 rings (SSSR count). The molecular formula is C15H19NO6. The molecule has 1 fully saturated rings. The van der Waals surface area contributed by atoms with Gasteiger partial charge in [0.25, 0.3) is 0 Å². The molecule has 1 aromatic carbocycles. The number of carboxylic acids is 1. The molecule has 1 N–H and O–H groups in total. The summed E-state index contributed by atoms with van der Waals surface area (Å²) in [7, 11) is 2.84. The van der Waals surface area contributed by atoms with Crippen LogP contribution in [0, 0.1) is 0 Å². The van der Waals surface area contributed by atoms with E-state index in [0.29, 0.717) is 0 Å². The van der Waals surface area contributed by atoms with E-state index in [-0.39, 0.29) is 19.6 Å². The van der Waals surface area contributed by atoms with Gasteiger partial charge >= 0.3 is 12.1 Å². The van der Waals surface area contributed by atoms with Crippen molar-refractivity contribution in [3.63, 3.8) is 0 Å². The predicted octanol–water partition coefficient (Wildman–Crippen LogP) is 1.47. The van der Waals surface area contributed by atoms with Crippen molar-refractivity contribution in [2.24, 2.45) is 0 Å². The van der Waals surface area contributed by atoms with Crippen molar-refractivity contribution in [1.82, 2.24) is 4.90 Å². The quantitative estimate of drug-likeness (QED) is 0.829. The number of amides is 1. The van der Waals surface area contributed by atoms with Crippen LogP contribution in [0.1, 0.15) is 12.0 Å². The molecule has 1 heterocycles. The summed E-state index contributed by atoms with van der Waals surface area (Å²) in [5.41, 5.74) is 0.826. The number of benzene rings is 1. The van der Waals surface area contributed by atoms with Crippen LogP contribution in [-0.2, 0) is 25.6 Å². The topological polar surface area (TPSA) is 85.3 Å². The highest BCUT2D eigenvalue weighted by Crippen LogP contribution is 2.31. The van der Waals surface area contributed by atoms with E-state index in [1.807, 2.05) is 30.3 Å². The third-order valence-corrected chi connectivity index (χ3v) is 3.76. The van der Waals surface area contributed by atoms with Crippen LogP contribution in [0.25, 0.3) is 0 Å². The minimum atomic E-state index is -1.12. The Balaban J connectivity index is 2.05. The number of hydrogen-bond acceptors (Lipinski definition) is 5. The minimum Gasteiger partial charge on any atom is -0.480 e. The molecule has 1 aliphatic heterocycles. The van der Waals surface area contributed by atoms with E-state index >= 15 is 0 Å². The van der Waals surface area contributed by atoms with Crippen molar-refractivity contribution >= 4 is 12.1 Å². The lowest BCUT2D eigenvalue weighted by Gasteiger charge is -2.25. The van der Waals surface area contributed by atoms with Gasteiger partial charge in [-0.25, -0.2) is 9.59 Å². The Morgan fingerprint density at radius 1 is 1.27 bits per heavy atom. The van der Waals surface area contributed by atoms with Gasteiger partial charge in [-0.15, -0.1) is 0 Å². The number of carbonyl (C=O) groups is 2. The number of likely N-dealkylation sites (tertiary alicyclic amines) is 1. The standard InChI is InChI=1S/C15H19NO6/c1-20-15(21-2)8-12(13(17)18)16(10-15)14(19)22-9-11-6-4-3-5-7-11/h3-7,12H,8-10H2,1-2H3,(H,17,18)/t12-/m0/s1. The SMILES string of the molecule is COC1(OC)C[C@@H](C(=O)O)N(C(=O)OCc2ccccc2)C1. The maximum Gasteiger partial charge on any atom is 0.411 e. The third-order valence-electron chi connectivity index (χ3n) is 3.76. The van der Waals surface area contributed by atoms with Gasteiger partial charge in [0.15, 0.2) is 5.79 Å². The van der Waals surface area contributed by atoms with Crippen molar-refractivity contribution in [3.05, 3.63) is 35.9 Å². The smallest absolute Gasteiger partial charge is 0.411 e. The summed E-state index contributed by atoms with van der Waals surface area (Å²) in [6.45, 7) is 0.0834. The molecular weight excluding hydrogens is 290 g/mol. The lowest BCUT2D eigenvalue weighted by atomic mass is 10.1. The van der Waals surface area contributed by atoms with Crippen molar-refractivity contribution in [2.45, 2.75) is 24.9 Å². The first-order valence-electron chi connectivity index (χ1n) is 6.82. The fourth-order valence-corrected chi connectivity index (χ4v) is 2.43. The number of hydrogen-bond donors (Lipinski definition) is 1. The Hall–Kier alpha value is -2.12. The van der Waals surface area contributed by atoms with Gasteiger partial charge in [0.2, 0.25) is 0 Å². The van der Waals surface area contributed by atoms with Crippen molar-refractivity contribution in [1.29, 1.82) is 0 Å². The second-order valence-electron chi connectivity index (χ2n) is 5.05. The molecule has 0 bridgehead atoms. The van der Waals surface area contributed by atoms with E-state index < -0.39 is 23.9 Å². The molecule has 120 valence electrons. The Bertz CT molecular complexity index is 528. The van der Waals surface area contributed by atoms with E-state index in [0.717, 1.165) is 10.5 Å². The third kappa shape index (κ3) is 3.37. The van der Waals surface area contributed by atoms with Gasteiger partial charge in [-0.05, 0) is 5.56 Å². The zero-order chi connectivity index (χ0) is 16.2. The first-order valence-corrected chi connectivity index (χ1v) is 6.82. The van der Waals surface area contributed by atoms with Gasteiger partial charge < -0.3 is 19.3 Å². The van der Waals surface area contributed by atoms with Crippen LogP contribution in [0.2, 0.25) is 0 Å². The van der Waals surface area contributed by atoms with Crippen LogP contribution < -0.4 is 0 Å². The van der Waals surface area contributed by atoms with Gasteiger partial charge in [-0.3, -0.25) is 4.90 Å². The van der Waals surface area contributed by atoms with E-state index in [1.165, 1.54) is 14.2 Å². The van der Waals surface area contributed by atoms with Gasteiger partial charge in [0.05, 0.1) is 6.54 Å². The molecule has 0 aliphatic carbocycles. The zero-order valence-corrected chi connectivity index (χ0v) is 12.5. The monoisotopic (exact) mass is 309 g/mol. The normalized spacial score (nSPS) is 19.9. The van der Waals surface area contributed by atoms with Gasteiger partial charge in [-0.2, -0.15) is 0 Å². The summed E-state index contributed by atoms with van der Waals surface area (Å²) in [6, 6.07) is 8.13. The van der Waals surface area contributed by atoms with E-state index in [1.54, 1.807) is 0 Å². The van der Waals surface area contributed by atoms with Crippen LogP contribution in [0.15, 0.2) is 30.3 Å². The number of methoxy groups -OCH3 is 2. The summed E-state index contributed by atoms with van der Waals surface area (Å²) >= 11 is 0. The number of nitrogens with zero attached hydrogens (tertiary/aromatic N) is 1. The maximum atomic E-state index is 12.2.